The van der Waals surface area contributed by atoms with Crippen LogP contribution in [0.2, 0.25) is 0 Å². The molecule has 0 amide bonds. The van der Waals surface area contributed by atoms with Gasteiger partial charge >= 0.3 is 5.95 Å². The van der Waals surface area contributed by atoms with Crippen molar-refractivity contribution in [3.05, 3.63) is 93.1 Å². The number of ether oxygens (including phenoxy) is 2. The van der Waals surface area contributed by atoms with Crippen LogP contribution < -0.4 is 15.2 Å². The molecule has 12 nitrogen and oxygen atoms in total. The lowest BCUT2D eigenvalue weighted by Gasteiger charge is -2.26. The molecular formula is C24H20N8O4. The Balaban J connectivity index is 1.72. The maximum absolute atomic E-state index is 11.1. The number of hydrogen-bond donors (Lipinski definition) is 1. The highest BCUT2D eigenvalue weighted by atomic mass is 16.6. The fraction of sp³-hybridized carbons (Fsp3) is 0.167. The maximum Gasteiger partial charge on any atom is 0.490 e. The summed E-state index contributed by atoms with van der Waals surface area (Å²) < 4.78 is 14.2. The Bertz CT molecular complexity index is 1550. The van der Waals surface area contributed by atoms with Crippen LogP contribution in [0.5, 0.6) is 11.6 Å². The van der Waals surface area contributed by atoms with Crippen LogP contribution in [0.25, 0.3) is 11.3 Å². The highest BCUT2D eigenvalue weighted by Crippen LogP contribution is 2.47. The number of rotatable bonds is 6. The molecular weight excluding hydrogens is 464 g/mol. The smallest absolute Gasteiger partial charge is 0.490 e. The van der Waals surface area contributed by atoms with Gasteiger partial charge in [-0.2, -0.15) is 15.0 Å². The Morgan fingerprint density at radius 3 is 2.69 bits per heavy atom. The van der Waals surface area contributed by atoms with E-state index in [1.165, 1.54) is 11.0 Å². The first-order valence-corrected chi connectivity index (χ1v) is 10.8. The van der Waals surface area contributed by atoms with Gasteiger partial charge in [0.25, 0.3) is 0 Å². The van der Waals surface area contributed by atoms with Crippen LogP contribution in [-0.4, -0.2) is 36.6 Å². The van der Waals surface area contributed by atoms with Crippen LogP contribution in [0.3, 0.4) is 0 Å². The van der Waals surface area contributed by atoms with Gasteiger partial charge in [0.05, 0.1) is 25.1 Å². The van der Waals surface area contributed by atoms with Crippen molar-refractivity contribution < 1.29 is 14.4 Å². The van der Waals surface area contributed by atoms with Crippen molar-refractivity contribution >= 4 is 5.95 Å². The number of allylic oxidation sites excluding steroid dienone is 1. The van der Waals surface area contributed by atoms with Crippen molar-refractivity contribution in [1.82, 2.24) is 24.5 Å². The lowest BCUT2D eigenvalue weighted by Crippen LogP contribution is -2.23. The molecule has 1 unspecified atom stereocenters. The second kappa shape index (κ2) is 8.88. The Hall–Kier alpha value is -5.18. The van der Waals surface area contributed by atoms with Crippen molar-refractivity contribution in [2.75, 3.05) is 7.11 Å². The molecule has 2 N–H and O–H groups in total. The highest BCUT2D eigenvalue weighted by Gasteiger charge is 2.38. The third-order valence-electron chi connectivity index (χ3n) is 5.93. The third kappa shape index (κ3) is 3.78. The molecule has 3 heterocycles. The van der Waals surface area contributed by atoms with Crippen LogP contribution in [0.4, 0.5) is 5.95 Å². The molecule has 0 saturated heterocycles. The molecule has 1 atom stereocenters. The zero-order valence-electron chi connectivity index (χ0n) is 19.3. The maximum atomic E-state index is 11.1. The number of methoxy groups -OCH3 is 1. The second-order valence-corrected chi connectivity index (χ2v) is 8.05. The van der Waals surface area contributed by atoms with Gasteiger partial charge in [-0.1, -0.05) is 41.4 Å². The Kier molecular flexibility index (Phi) is 5.57. The van der Waals surface area contributed by atoms with Gasteiger partial charge in [0, 0.05) is 17.7 Å². The summed E-state index contributed by atoms with van der Waals surface area (Å²) in [5.41, 5.74) is 10.1. The molecule has 12 heteroatoms. The number of benzene rings is 2. The predicted molar refractivity (Wildman–Crippen MR) is 127 cm³/mol. The van der Waals surface area contributed by atoms with Crippen molar-refractivity contribution in [2.24, 2.45) is 12.8 Å². The summed E-state index contributed by atoms with van der Waals surface area (Å²) in [7, 11) is 3.29. The van der Waals surface area contributed by atoms with Crippen molar-refractivity contribution in [3.8, 4) is 29.0 Å². The molecule has 2 aromatic heterocycles. The first-order chi connectivity index (χ1) is 17.4. The minimum Gasteiger partial charge on any atom is -0.497 e. The predicted octanol–water partition coefficient (Wildman–Crippen LogP) is 2.86. The van der Waals surface area contributed by atoms with E-state index < -0.39 is 16.8 Å². The van der Waals surface area contributed by atoms with Crippen LogP contribution in [0, 0.1) is 21.4 Å². The van der Waals surface area contributed by atoms with E-state index in [9.17, 15) is 15.4 Å². The zero-order valence-corrected chi connectivity index (χ0v) is 19.3. The van der Waals surface area contributed by atoms with Gasteiger partial charge in [0.2, 0.25) is 18.1 Å². The summed E-state index contributed by atoms with van der Waals surface area (Å²) in [5.74, 6) is -0.153. The van der Waals surface area contributed by atoms with E-state index >= 15 is 0 Å². The molecule has 0 bridgehead atoms. The average molecular weight is 484 g/mol. The van der Waals surface area contributed by atoms with E-state index in [2.05, 4.69) is 21.3 Å². The van der Waals surface area contributed by atoms with E-state index in [1.54, 1.807) is 31.0 Å². The molecule has 0 aliphatic carbocycles. The highest BCUT2D eigenvalue weighted by molar-refractivity contribution is 5.71. The largest absolute Gasteiger partial charge is 0.497 e. The summed E-state index contributed by atoms with van der Waals surface area (Å²) >= 11 is 0. The second-order valence-electron chi connectivity index (χ2n) is 8.05. The molecule has 0 radical (unpaired) electrons. The number of fused-ring (bicyclic) bond motifs is 1. The standard InChI is InChI=1S/C24H20N8O4/c1-30-23-20(21(28-30)14-6-4-3-5-7-14)19(18(11-25)22(26)36-23)17-9-8-16(35-2)10-15(17)12-31-13-27-24(29-31)32(33)34/h3-10,13,19H,12,26H2,1-2H3. The minimum atomic E-state index is -0.660. The van der Waals surface area contributed by atoms with E-state index in [-0.39, 0.29) is 18.0 Å². The van der Waals surface area contributed by atoms with Gasteiger partial charge in [-0.15, -0.1) is 0 Å². The molecule has 36 heavy (non-hydrogen) atoms. The monoisotopic (exact) mass is 484 g/mol. The Morgan fingerprint density at radius 2 is 2.03 bits per heavy atom. The van der Waals surface area contributed by atoms with Crippen LogP contribution in [0.15, 0.2) is 66.3 Å². The average Bonchev–Trinajstić information content (AvgIpc) is 3.48. The van der Waals surface area contributed by atoms with E-state index in [0.29, 0.717) is 28.5 Å². The number of nitrogens with zero attached hydrogens (tertiary/aromatic N) is 7. The first kappa shape index (κ1) is 22.6. The summed E-state index contributed by atoms with van der Waals surface area (Å²) in [6, 6.07) is 17.2. The molecule has 0 saturated carbocycles. The van der Waals surface area contributed by atoms with Crippen LogP contribution in [-0.2, 0) is 13.6 Å². The van der Waals surface area contributed by atoms with Gasteiger partial charge in [0.1, 0.15) is 23.1 Å². The topological polar surface area (TPSA) is 160 Å². The van der Waals surface area contributed by atoms with Gasteiger partial charge in [0.15, 0.2) is 0 Å². The van der Waals surface area contributed by atoms with Crippen LogP contribution >= 0.6 is 0 Å². The molecule has 0 fully saturated rings. The molecule has 1 aliphatic rings. The lowest BCUT2D eigenvalue weighted by molar-refractivity contribution is -0.394. The summed E-state index contributed by atoms with van der Waals surface area (Å²) in [4.78, 5) is 14.2. The minimum absolute atomic E-state index is 0.0178. The Labute approximate surface area is 205 Å². The van der Waals surface area contributed by atoms with Crippen molar-refractivity contribution in [1.29, 1.82) is 5.26 Å². The normalized spacial score (nSPS) is 14.6. The van der Waals surface area contributed by atoms with Gasteiger partial charge in [-0.3, -0.25) is 0 Å². The molecule has 1 aliphatic heterocycles. The number of nitro groups is 1. The van der Waals surface area contributed by atoms with E-state index in [4.69, 9.17) is 15.2 Å². The van der Waals surface area contributed by atoms with Gasteiger partial charge < -0.3 is 25.3 Å². The van der Waals surface area contributed by atoms with E-state index in [1.807, 2.05) is 36.4 Å². The SMILES string of the molecule is COc1ccc(C2C(C#N)=C(N)Oc3c2c(-c2ccccc2)nn3C)c(Cn2cnc([N+](=O)[O-])n2)c1. The molecule has 2 aromatic carbocycles. The number of aryl methyl sites for hydroxylation is 1. The van der Waals surface area contributed by atoms with Gasteiger partial charge in [-0.25, -0.2) is 4.68 Å². The lowest BCUT2D eigenvalue weighted by atomic mass is 9.81. The first-order valence-electron chi connectivity index (χ1n) is 10.8. The summed E-state index contributed by atoms with van der Waals surface area (Å²) in [6.07, 6.45) is 1.28. The molecule has 4 aromatic rings. The summed E-state index contributed by atoms with van der Waals surface area (Å²) in [6.45, 7) is 0.139. The number of hydrogen-bond acceptors (Lipinski definition) is 9. The fourth-order valence-corrected chi connectivity index (χ4v) is 4.34. The number of aromatic nitrogens is 5. The van der Waals surface area contributed by atoms with Crippen molar-refractivity contribution in [3.63, 3.8) is 0 Å². The zero-order chi connectivity index (χ0) is 25.4. The number of nitrogens with two attached hydrogens (primary N) is 1. The summed E-state index contributed by atoms with van der Waals surface area (Å²) in [5, 5.41) is 29.8. The van der Waals surface area contributed by atoms with Gasteiger partial charge in [-0.05, 0) is 28.2 Å². The molecule has 0 spiro atoms. The number of nitriles is 1. The third-order valence-corrected chi connectivity index (χ3v) is 5.93. The van der Waals surface area contributed by atoms with E-state index in [0.717, 1.165) is 11.1 Å². The Morgan fingerprint density at radius 1 is 1.25 bits per heavy atom. The molecule has 5 rings (SSSR count). The van der Waals surface area contributed by atoms with Crippen molar-refractivity contribution in [2.45, 2.75) is 12.5 Å². The molecule has 180 valence electrons. The van der Waals surface area contributed by atoms with Crippen LogP contribution in [0.1, 0.15) is 22.6 Å². The fourth-order valence-electron chi connectivity index (χ4n) is 4.34. The quantitative estimate of drug-likeness (QED) is 0.320.